The molecule has 1 heterocycles. The second-order valence-electron chi connectivity index (χ2n) is 6.24. The van der Waals surface area contributed by atoms with Gasteiger partial charge in [0.05, 0.1) is 4.92 Å². The molecular formula is C20H17ClN2O4. The third kappa shape index (κ3) is 4.41. The van der Waals surface area contributed by atoms with Crippen LogP contribution in [0.4, 0.5) is 5.69 Å². The first-order valence-corrected chi connectivity index (χ1v) is 8.76. The van der Waals surface area contributed by atoms with Gasteiger partial charge >= 0.3 is 5.69 Å². The van der Waals surface area contributed by atoms with Crippen LogP contribution in [0.25, 0.3) is 0 Å². The lowest BCUT2D eigenvalue weighted by atomic mass is 9.88. The Kier molecular flexibility index (Phi) is 5.66. The highest BCUT2D eigenvalue weighted by Crippen LogP contribution is 2.31. The molecule has 0 aliphatic rings. The summed E-state index contributed by atoms with van der Waals surface area (Å²) in [7, 11) is 0. The molecule has 7 heteroatoms. The fourth-order valence-electron chi connectivity index (χ4n) is 3.01. The van der Waals surface area contributed by atoms with E-state index in [2.05, 4.69) is 5.16 Å². The molecule has 0 amide bonds. The number of nitrogens with zero attached hydrogens (tertiary/aromatic N) is 2. The van der Waals surface area contributed by atoms with Crippen LogP contribution >= 0.6 is 11.6 Å². The van der Waals surface area contributed by atoms with Gasteiger partial charge in [0.2, 0.25) is 5.76 Å². The van der Waals surface area contributed by atoms with Crippen molar-refractivity contribution in [1.82, 2.24) is 5.16 Å². The number of halogens is 1. The van der Waals surface area contributed by atoms with E-state index in [1.165, 1.54) is 6.92 Å². The average molecular weight is 385 g/mol. The molecule has 3 aromatic rings. The molecule has 138 valence electrons. The Morgan fingerprint density at radius 2 is 1.85 bits per heavy atom. The molecule has 1 atom stereocenters. The van der Waals surface area contributed by atoms with Crippen LogP contribution in [0.2, 0.25) is 5.02 Å². The second-order valence-corrected chi connectivity index (χ2v) is 6.68. The van der Waals surface area contributed by atoms with Crippen LogP contribution in [0, 0.1) is 17.0 Å². The molecule has 2 aromatic carbocycles. The van der Waals surface area contributed by atoms with Crippen LogP contribution in [0.5, 0.6) is 0 Å². The monoisotopic (exact) mass is 384 g/mol. The molecule has 1 aromatic heterocycles. The fourth-order valence-corrected chi connectivity index (χ4v) is 3.14. The number of hydrogen-bond acceptors (Lipinski definition) is 5. The lowest BCUT2D eigenvalue weighted by molar-refractivity contribution is -0.386. The molecule has 0 saturated heterocycles. The van der Waals surface area contributed by atoms with Gasteiger partial charge < -0.3 is 4.52 Å². The number of aromatic nitrogens is 1. The van der Waals surface area contributed by atoms with E-state index in [-0.39, 0.29) is 41.7 Å². The lowest BCUT2D eigenvalue weighted by Gasteiger charge is -2.15. The Morgan fingerprint density at radius 3 is 2.48 bits per heavy atom. The SMILES string of the molecule is Cc1noc(C[C@H](CC(=O)c2ccc(Cl)cc2)c2ccccc2)c1[N+](=O)[O-]. The van der Waals surface area contributed by atoms with Crippen molar-refractivity contribution in [2.24, 2.45) is 0 Å². The van der Waals surface area contributed by atoms with Crippen molar-refractivity contribution in [3.8, 4) is 0 Å². The van der Waals surface area contributed by atoms with Crippen LogP contribution < -0.4 is 0 Å². The largest absolute Gasteiger partial charge is 0.354 e. The Hall–Kier alpha value is -2.99. The fraction of sp³-hybridized carbons (Fsp3) is 0.200. The number of Topliss-reactive ketones (excluding diaryl/α,β-unsaturated/α-hetero) is 1. The van der Waals surface area contributed by atoms with Gasteiger partial charge in [-0.15, -0.1) is 0 Å². The van der Waals surface area contributed by atoms with Crippen molar-refractivity contribution >= 4 is 23.1 Å². The first-order chi connectivity index (χ1) is 13.0. The van der Waals surface area contributed by atoms with Gasteiger partial charge in [-0.25, -0.2) is 0 Å². The van der Waals surface area contributed by atoms with E-state index in [0.29, 0.717) is 10.6 Å². The maximum atomic E-state index is 12.7. The summed E-state index contributed by atoms with van der Waals surface area (Å²) in [4.78, 5) is 23.6. The summed E-state index contributed by atoms with van der Waals surface area (Å²) in [5, 5.41) is 15.6. The smallest absolute Gasteiger partial charge is 0.334 e. The minimum Gasteiger partial charge on any atom is -0.354 e. The molecule has 0 aliphatic heterocycles. The maximum Gasteiger partial charge on any atom is 0.334 e. The standard InChI is InChI=1S/C20H17ClN2O4/c1-13-20(23(25)26)19(27-22-13)12-16(14-5-3-2-4-6-14)11-18(24)15-7-9-17(21)10-8-15/h2-10,16H,11-12H2,1H3/t16-/m0/s1. The molecule has 6 nitrogen and oxygen atoms in total. The van der Waals surface area contributed by atoms with E-state index < -0.39 is 4.92 Å². The number of nitro groups is 1. The van der Waals surface area contributed by atoms with E-state index in [1.54, 1.807) is 24.3 Å². The van der Waals surface area contributed by atoms with Gasteiger partial charge in [0.1, 0.15) is 0 Å². The van der Waals surface area contributed by atoms with E-state index in [0.717, 1.165) is 5.56 Å². The normalized spacial score (nSPS) is 11.9. The van der Waals surface area contributed by atoms with E-state index in [1.807, 2.05) is 30.3 Å². The molecule has 27 heavy (non-hydrogen) atoms. The van der Waals surface area contributed by atoms with E-state index in [4.69, 9.17) is 16.1 Å². The summed E-state index contributed by atoms with van der Waals surface area (Å²) in [6, 6.07) is 16.1. The number of carbonyl (C=O) groups is 1. The molecule has 0 N–H and O–H groups in total. The quantitative estimate of drug-likeness (QED) is 0.319. The van der Waals surface area contributed by atoms with Crippen LogP contribution in [0.15, 0.2) is 59.1 Å². The summed E-state index contributed by atoms with van der Waals surface area (Å²) in [5.41, 5.74) is 1.55. The van der Waals surface area contributed by atoms with Crippen molar-refractivity contribution < 1.29 is 14.2 Å². The number of rotatable bonds is 7. The zero-order chi connectivity index (χ0) is 19.4. The Morgan fingerprint density at radius 1 is 1.19 bits per heavy atom. The Bertz CT molecular complexity index is 952. The Balaban J connectivity index is 1.89. The van der Waals surface area contributed by atoms with Crippen LogP contribution in [-0.2, 0) is 6.42 Å². The molecule has 0 fully saturated rings. The molecule has 0 saturated carbocycles. The highest BCUT2D eigenvalue weighted by Gasteiger charge is 2.28. The topological polar surface area (TPSA) is 86.2 Å². The van der Waals surface area contributed by atoms with Gasteiger partial charge in [0.15, 0.2) is 11.5 Å². The zero-order valence-electron chi connectivity index (χ0n) is 14.6. The molecular weight excluding hydrogens is 368 g/mol. The number of carbonyl (C=O) groups excluding carboxylic acids is 1. The third-order valence-electron chi connectivity index (χ3n) is 4.38. The van der Waals surface area contributed by atoms with Gasteiger partial charge in [0, 0.05) is 23.4 Å². The van der Waals surface area contributed by atoms with Crippen LogP contribution in [0.1, 0.15) is 39.7 Å². The summed E-state index contributed by atoms with van der Waals surface area (Å²) >= 11 is 5.88. The minimum atomic E-state index is -0.496. The van der Waals surface area contributed by atoms with Crippen molar-refractivity contribution in [2.75, 3.05) is 0 Å². The van der Waals surface area contributed by atoms with Gasteiger partial charge in [-0.3, -0.25) is 14.9 Å². The first kappa shape index (κ1) is 18.8. The Labute approximate surface area is 160 Å². The average Bonchev–Trinajstić information content (AvgIpc) is 3.03. The first-order valence-electron chi connectivity index (χ1n) is 8.39. The van der Waals surface area contributed by atoms with E-state index in [9.17, 15) is 14.9 Å². The van der Waals surface area contributed by atoms with Crippen molar-refractivity contribution in [1.29, 1.82) is 0 Å². The van der Waals surface area contributed by atoms with Crippen molar-refractivity contribution in [3.63, 3.8) is 0 Å². The molecule has 0 unspecified atom stereocenters. The maximum absolute atomic E-state index is 12.7. The summed E-state index contributed by atoms with van der Waals surface area (Å²) in [6.45, 7) is 1.53. The zero-order valence-corrected chi connectivity index (χ0v) is 15.3. The molecule has 0 aliphatic carbocycles. The van der Waals surface area contributed by atoms with Gasteiger partial charge in [-0.05, 0) is 42.7 Å². The lowest BCUT2D eigenvalue weighted by Crippen LogP contribution is -2.11. The summed E-state index contributed by atoms with van der Waals surface area (Å²) in [5.74, 6) is -0.171. The predicted molar refractivity (Wildman–Crippen MR) is 101 cm³/mol. The molecule has 0 bridgehead atoms. The van der Waals surface area contributed by atoms with Gasteiger partial charge in [0.25, 0.3) is 0 Å². The van der Waals surface area contributed by atoms with Gasteiger partial charge in [-0.1, -0.05) is 47.1 Å². The predicted octanol–water partition coefficient (Wildman–Crippen LogP) is 5.14. The van der Waals surface area contributed by atoms with Crippen molar-refractivity contribution in [3.05, 3.63) is 92.3 Å². The third-order valence-corrected chi connectivity index (χ3v) is 4.63. The highest BCUT2D eigenvalue weighted by atomic mass is 35.5. The number of benzene rings is 2. The number of aryl methyl sites for hydroxylation is 1. The number of hydrogen-bond donors (Lipinski definition) is 0. The summed E-state index contributed by atoms with van der Waals surface area (Å²) in [6.07, 6.45) is 0.392. The van der Waals surface area contributed by atoms with Crippen LogP contribution in [-0.4, -0.2) is 15.9 Å². The highest BCUT2D eigenvalue weighted by molar-refractivity contribution is 6.30. The van der Waals surface area contributed by atoms with Crippen molar-refractivity contribution in [2.45, 2.75) is 25.7 Å². The van der Waals surface area contributed by atoms with Crippen LogP contribution in [0.3, 0.4) is 0 Å². The molecule has 0 spiro atoms. The number of ketones is 1. The summed E-state index contributed by atoms with van der Waals surface area (Å²) < 4.78 is 5.19. The van der Waals surface area contributed by atoms with E-state index >= 15 is 0 Å². The minimum absolute atomic E-state index is 0.0700. The van der Waals surface area contributed by atoms with Gasteiger partial charge in [-0.2, -0.15) is 0 Å². The second kappa shape index (κ2) is 8.14. The molecule has 3 rings (SSSR count). The molecule has 0 radical (unpaired) electrons.